The molecule has 1 aromatic heterocycles. The van der Waals surface area contributed by atoms with Gasteiger partial charge in [-0.2, -0.15) is 0 Å². The lowest BCUT2D eigenvalue weighted by Crippen LogP contribution is -2.19. The van der Waals surface area contributed by atoms with Crippen molar-refractivity contribution in [3.05, 3.63) is 45.3 Å². The van der Waals surface area contributed by atoms with Crippen LogP contribution in [0.5, 0.6) is 0 Å². The topological polar surface area (TPSA) is 84.5 Å². The van der Waals surface area contributed by atoms with Gasteiger partial charge in [-0.15, -0.1) is 11.3 Å². The molecule has 0 radical (unpaired) electrons. The fourth-order valence-corrected chi connectivity index (χ4v) is 3.36. The third-order valence-electron chi connectivity index (χ3n) is 3.61. The molecule has 0 saturated heterocycles. The van der Waals surface area contributed by atoms with E-state index in [1.165, 1.54) is 7.11 Å². The molecule has 0 aliphatic carbocycles. The average molecular weight is 395 g/mol. The van der Waals surface area contributed by atoms with Gasteiger partial charge >= 0.3 is 5.97 Å². The van der Waals surface area contributed by atoms with Gasteiger partial charge in [0.05, 0.1) is 17.6 Å². The van der Waals surface area contributed by atoms with Crippen LogP contribution in [0.3, 0.4) is 0 Å². The van der Waals surface area contributed by atoms with Crippen LogP contribution < -0.4 is 10.6 Å². The largest absolute Gasteiger partial charge is 0.465 e. The number of benzene rings is 1. The Hall–Kier alpha value is -2.38. The van der Waals surface area contributed by atoms with Crippen LogP contribution in [0.2, 0.25) is 5.02 Å². The Labute approximate surface area is 160 Å². The summed E-state index contributed by atoms with van der Waals surface area (Å²) in [6.45, 7) is 5.12. The SMILES string of the molecule is COC(=O)c1c(NC(=O)C(C)C)sc(C(=O)Nc2ccc(Cl)cc2)c1C. The standard InChI is InChI=1S/C18H19ClN2O4S/c1-9(2)15(22)21-17-13(18(24)25-4)10(3)14(26-17)16(23)20-12-7-5-11(19)6-8-12/h5-9H,1-4H3,(H,20,23)(H,21,22). The van der Waals surface area contributed by atoms with Crippen LogP contribution in [0.4, 0.5) is 10.7 Å². The van der Waals surface area contributed by atoms with Crippen LogP contribution >= 0.6 is 22.9 Å². The van der Waals surface area contributed by atoms with E-state index in [1.54, 1.807) is 45.0 Å². The molecule has 8 heteroatoms. The fourth-order valence-electron chi connectivity index (χ4n) is 2.14. The van der Waals surface area contributed by atoms with Gasteiger partial charge in [0, 0.05) is 16.6 Å². The number of hydrogen-bond acceptors (Lipinski definition) is 5. The van der Waals surface area contributed by atoms with Crippen molar-refractivity contribution in [2.75, 3.05) is 17.7 Å². The number of ether oxygens (including phenoxy) is 1. The van der Waals surface area contributed by atoms with Crippen LogP contribution in [0.25, 0.3) is 0 Å². The smallest absolute Gasteiger partial charge is 0.341 e. The van der Waals surface area contributed by atoms with Gasteiger partial charge in [-0.05, 0) is 36.8 Å². The number of methoxy groups -OCH3 is 1. The van der Waals surface area contributed by atoms with E-state index < -0.39 is 5.97 Å². The maximum atomic E-state index is 12.6. The highest BCUT2D eigenvalue weighted by molar-refractivity contribution is 7.18. The minimum absolute atomic E-state index is 0.188. The molecule has 0 aliphatic heterocycles. The van der Waals surface area contributed by atoms with Gasteiger partial charge in [0.2, 0.25) is 5.91 Å². The van der Waals surface area contributed by atoms with Crippen molar-refractivity contribution in [2.45, 2.75) is 20.8 Å². The summed E-state index contributed by atoms with van der Waals surface area (Å²) in [5.41, 5.74) is 1.21. The highest BCUT2D eigenvalue weighted by Crippen LogP contribution is 2.34. The quantitative estimate of drug-likeness (QED) is 0.738. The van der Waals surface area contributed by atoms with Crippen molar-refractivity contribution in [3.8, 4) is 0 Å². The zero-order valence-electron chi connectivity index (χ0n) is 14.8. The summed E-state index contributed by atoms with van der Waals surface area (Å²) < 4.78 is 4.79. The van der Waals surface area contributed by atoms with E-state index in [4.69, 9.17) is 16.3 Å². The Morgan fingerprint density at radius 1 is 1.12 bits per heavy atom. The number of nitrogens with one attached hydrogen (secondary N) is 2. The van der Waals surface area contributed by atoms with E-state index in [1.807, 2.05) is 0 Å². The highest BCUT2D eigenvalue weighted by Gasteiger charge is 2.26. The highest BCUT2D eigenvalue weighted by atomic mass is 35.5. The first-order chi connectivity index (χ1) is 12.2. The summed E-state index contributed by atoms with van der Waals surface area (Å²) in [5, 5.41) is 6.30. The Balaban J connectivity index is 2.37. The lowest BCUT2D eigenvalue weighted by atomic mass is 10.1. The van der Waals surface area contributed by atoms with E-state index in [0.717, 1.165) is 11.3 Å². The molecular weight excluding hydrogens is 376 g/mol. The molecule has 0 saturated carbocycles. The lowest BCUT2D eigenvalue weighted by molar-refractivity contribution is -0.118. The fraction of sp³-hybridized carbons (Fsp3) is 0.278. The van der Waals surface area contributed by atoms with E-state index in [0.29, 0.717) is 26.2 Å². The van der Waals surface area contributed by atoms with Crippen LogP contribution in [0.15, 0.2) is 24.3 Å². The second kappa shape index (κ2) is 8.33. The normalized spacial score (nSPS) is 10.5. The summed E-state index contributed by atoms with van der Waals surface area (Å²) in [6.07, 6.45) is 0. The van der Waals surface area contributed by atoms with E-state index >= 15 is 0 Å². The predicted molar refractivity (Wildman–Crippen MR) is 103 cm³/mol. The molecule has 2 N–H and O–H groups in total. The van der Waals surface area contributed by atoms with Gasteiger partial charge in [0.25, 0.3) is 5.91 Å². The number of hydrogen-bond donors (Lipinski definition) is 2. The van der Waals surface area contributed by atoms with Crippen LogP contribution in [-0.4, -0.2) is 24.9 Å². The van der Waals surface area contributed by atoms with Crippen LogP contribution in [0, 0.1) is 12.8 Å². The number of carbonyl (C=O) groups excluding carboxylic acids is 3. The first kappa shape index (κ1) is 19.9. The molecule has 2 amide bonds. The molecule has 0 aliphatic rings. The molecule has 0 atom stereocenters. The Kier molecular flexibility index (Phi) is 6.39. The van der Waals surface area contributed by atoms with Gasteiger partial charge in [0.15, 0.2) is 0 Å². The minimum atomic E-state index is -0.608. The van der Waals surface area contributed by atoms with Gasteiger partial charge in [0.1, 0.15) is 5.00 Å². The Morgan fingerprint density at radius 2 is 1.73 bits per heavy atom. The predicted octanol–water partition coefficient (Wildman–Crippen LogP) is 4.34. The third-order valence-corrected chi connectivity index (χ3v) is 5.06. The molecule has 0 spiro atoms. The zero-order chi connectivity index (χ0) is 19.4. The summed E-state index contributed by atoms with van der Waals surface area (Å²) in [5.74, 6) is -1.51. The number of amides is 2. The summed E-state index contributed by atoms with van der Waals surface area (Å²) in [4.78, 5) is 37.1. The summed E-state index contributed by atoms with van der Waals surface area (Å²) >= 11 is 6.87. The molecule has 26 heavy (non-hydrogen) atoms. The number of anilines is 2. The van der Waals surface area contributed by atoms with Gasteiger partial charge < -0.3 is 15.4 Å². The van der Waals surface area contributed by atoms with Crippen molar-refractivity contribution in [1.29, 1.82) is 0 Å². The summed E-state index contributed by atoms with van der Waals surface area (Å²) in [6, 6.07) is 6.66. The van der Waals surface area contributed by atoms with Crippen LogP contribution in [0.1, 0.15) is 39.4 Å². The number of rotatable bonds is 5. The maximum absolute atomic E-state index is 12.6. The number of esters is 1. The van der Waals surface area contributed by atoms with E-state index in [-0.39, 0.29) is 23.3 Å². The van der Waals surface area contributed by atoms with Crippen molar-refractivity contribution >= 4 is 51.4 Å². The van der Waals surface area contributed by atoms with E-state index in [9.17, 15) is 14.4 Å². The van der Waals surface area contributed by atoms with E-state index in [2.05, 4.69) is 10.6 Å². The second-order valence-corrected chi connectivity index (χ2v) is 7.31. The molecule has 2 aromatic rings. The van der Waals surface area contributed by atoms with Crippen LogP contribution in [-0.2, 0) is 9.53 Å². The third kappa shape index (κ3) is 4.42. The molecule has 0 bridgehead atoms. The number of halogens is 1. The molecule has 1 heterocycles. The molecule has 138 valence electrons. The monoisotopic (exact) mass is 394 g/mol. The zero-order valence-corrected chi connectivity index (χ0v) is 16.4. The molecule has 1 aromatic carbocycles. The van der Waals surface area contributed by atoms with Crippen molar-refractivity contribution < 1.29 is 19.1 Å². The lowest BCUT2D eigenvalue weighted by Gasteiger charge is -2.07. The molecule has 0 fully saturated rings. The number of carbonyl (C=O) groups is 3. The molecule has 0 unspecified atom stereocenters. The first-order valence-electron chi connectivity index (χ1n) is 7.84. The van der Waals surface area contributed by atoms with Crippen molar-refractivity contribution in [2.24, 2.45) is 5.92 Å². The Bertz CT molecular complexity index is 844. The maximum Gasteiger partial charge on any atom is 0.341 e. The van der Waals surface area contributed by atoms with Crippen molar-refractivity contribution in [3.63, 3.8) is 0 Å². The number of thiophene rings is 1. The molecule has 2 rings (SSSR count). The van der Waals surface area contributed by atoms with Gasteiger partial charge in [-0.1, -0.05) is 25.4 Å². The van der Waals surface area contributed by atoms with Crippen molar-refractivity contribution in [1.82, 2.24) is 0 Å². The molecular formula is C18H19ClN2O4S. The first-order valence-corrected chi connectivity index (χ1v) is 9.03. The van der Waals surface area contributed by atoms with Gasteiger partial charge in [-0.25, -0.2) is 4.79 Å². The Morgan fingerprint density at radius 3 is 2.27 bits per heavy atom. The minimum Gasteiger partial charge on any atom is -0.465 e. The molecule has 6 nitrogen and oxygen atoms in total. The average Bonchev–Trinajstić information content (AvgIpc) is 2.92. The second-order valence-electron chi connectivity index (χ2n) is 5.86. The summed E-state index contributed by atoms with van der Waals surface area (Å²) in [7, 11) is 1.25. The van der Waals surface area contributed by atoms with Gasteiger partial charge in [-0.3, -0.25) is 9.59 Å².